The van der Waals surface area contributed by atoms with E-state index in [1.165, 1.54) is 36.8 Å². The molecule has 0 fully saturated rings. The molecule has 2 aromatic carbocycles. The summed E-state index contributed by atoms with van der Waals surface area (Å²) in [5.74, 6) is -3.10. The molecule has 0 amide bonds. The average molecular weight is 505 g/mol. The van der Waals surface area contributed by atoms with Crippen molar-refractivity contribution in [1.29, 1.82) is 0 Å². The van der Waals surface area contributed by atoms with Crippen LogP contribution in [0.5, 0.6) is 0 Å². The maximum Gasteiger partial charge on any atom is 0.241 e. The number of benzene rings is 2. The summed E-state index contributed by atoms with van der Waals surface area (Å²) in [5, 5.41) is 3.10. The number of rotatable bonds is 8. The summed E-state index contributed by atoms with van der Waals surface area (Å²) in [6.07, 6.45) is 2.98. The van der Waals surface area contributed by atoms with E-state index in [4.69, 9.17) is 5.73 Å². The highest BCUT2D eigenvalue weighted by Gasteiger charge is 2.24. The third kappa shape index (κ3) is 4.81. The van der Waals surface area contributed by atoms with E-state index in [1.807, 2.05) is 0 Å². The normalized spacial score (nSPS) is 12.4. The first-order chi connectivity index (χ1) is 16.2. The van der Waals surface area contributed by atoms with Crippen molar-refractivity contribution in [1.82, 2.24) is 19.7 Å². The molecule has 13 heteroatoms. The number of hydrogen-bond acceptors (Lipinski definition) is 8. The van der Waals surface area contributed by atoms with E-state index in [0.717, 1.165) is 29.5 Å². The molecule has 0 aliphatic heterocycles. The Morgan fingerprint density at radius 2 is 1.82 bits per heavy atom. The van der Waals surface area contributed by atoms with Crippen molar-refractivity contribution in [3.05, 3.63) is 82.8 Å². The van der Waals surface area contributed by atoms with Crippen LogP contribution in [0.1, 0.15) is 33.9 Å². The second kappa shape index (κ2) is 9.29. The number of nitrogens with one attached hydrogen (secondary N) is 3. The van der Waals surface area contributed by atoms with Crippen molar-refractivity contribution < 1.29 is 22.0 Å². The zero-order chi connectivity index (χ0) is 24.5. The highest BCUT2D eigenvalue weighted by Crippen LogP contribution is 2.31. The number of hydrogen-bond donors (Lipinski definition) is 4. The highest BCUT2D eigenvalue weighted by molar-refractivity contribution is 7.89. The molecule has 0 aliphatic carbocycles. The van der Waals surface area contributed by atoms with Crippen LogP contribution in [-0.2, 0) is 10.0 Å². The molecule has 0 saturated heterocycles. The number of carbonyl (C=O) groups is 1. The second-order valence-corrected chi connectivity index (χ2v) is 9.87. The van der Waals surface area contributed by atoms with Crippen molar-refractivity contribution in [2.45, 2.75) is 17.9 Å². The zero-order valence-corrected chi connectivity index (χ0v) is 19.2. The van der Waals surface area contributed by atoms with Gasteiger partial charge in [0.25, 0.3) is 0 Å². The Morgan fingerprint density at radius 1 is 1.15 bits per heavy atom. The molecular weight excluding hydrogens is 486 g/mol. The van der Waals surface area contributed by atoms with Gasteiger partial charge in [-0.05, 0) is 43.3 Å². The van der Waals surface area contributed by atoms with E-state index in [-0.39, 0.29) is 20.7 Å². The van der Waals surface area contributed by atoms with E-state index in [9.17, 15) is 22.0 Å². The average Bonchev–Trinajstić information content (AvgIpc) is 3.44. The van der Waals surface area contributed by atoms with Gasteiger partial charge in [0.05, 0.1) is 28.5 Å². The molecule has 0 aliphatic rings. The lowest BCUT2D eigenvalue weighted by Gasteiger charge is -2.13. The monoisotopic (exact) mass is 504 g/mol. The number of nitrogens with zero attached hydrogens (tertiary/aromatic N) is 2. The number of aromatic amines is 1. The minimum Gasteiger partial charge on any atom is -0.382 e. The third-order valence-electron chi connectivity index (χ3n) is 4.78. The Balaban J connectivity index is 1.49. The van der Waals surface area contributed by atoms with Gasteiger partial charge in [-0.15, -0.1) is 0 Å². The first-order valence-corrected chi connectivity index (χ1v) is 12.1. The summed E-state index contributed by atoms with van der Waals surface area (Å²) in [6.45, 7) is 1.68. The van der Waals surface area contributed by atoms with Crippen LogP contribution in [0.25, 0.3) is 0 Å². The SMILES string of the molecule is CC(NS(=O)(=O)c1ccc(Nc2nc(N)c(C(=O)c3c(F)cccc3F)s2)cc1)c1cnc[nH]1. The second-order valence-electron chi connectivity index (χ2n) is 7.16. The third-order valence-corrected chi connectivity index (χ3v) is 7.33. The van der Waals surface area contributed by atoms with Gasteiger partial charge in [-0.2, -0.15) is 0 Å². The first-order valence-electron chi connectivity index (χ1n) is 9.78. The van der Waals surface area contributed by atoms with Crippen molar-refractivity contribution in [3.63, 3.8) is 0 Å². The van der Waals surface area contributed by atoms with E-state index < -0.39 is 39.0 Å². The number of thiazole rings is 1. The predicted octanol–water partition coefficient (Wildman–Crippen LogP) is 3.74. The molecule has 0 radical (unpaired) electrons. The lowest BCUT2D eigenvalue weighted by Crippen LogP contribution is -2.27. The number of sulfonamides is 1. The number of nitrogens with two attached hydrogens (primary N) is 1. The van der Waals surface area contributed by atoms with Gasteiger partial charge in [0.1, 0.15) is 22.3 Å². The Bertz CT molecular complexity index is 1420. The molecule has 4 aromatic rings. The van der Waals surface area contributed by atoms with Gasteiger partial charge >= 0.3 is 0 Å². The minimum atomic E-state index is -3.80. The molecular formula is C21H18F2N6O3S2. The molecule has 1 atom stereocenters. The molecule has 1 unspecified atom stereocenters. The smallest absolute Gasteiger partial charge is 0.241 e. The number of nitrogen functional groups attached to an aromatic ring is 1. The summed E-state index contributed by atoms with van der Waals surface area (Å²) in [4.78, 5) is 23.3. The van der Waals surface area contributed by atoms with E-state index in [1.54, 1.807) is 6.92 Å². The Hall–Kier alpha value is -3.68. The first kappa shape index (κ1) is 23.5. The standard InChI is InChI=1S/C21H18F2N6O3S2/c1-11(16-9-25-10-26-16)29-34(31,32)13-7-5-12(6-8-13)27-21-28-20(24)19(33-21)18(30)17-14(22)3-2-4-15(17)23/h2-11,29H,24H2,1H3,(H,25,26)(H,27,28). The summed E-state index contributed by atoms with van der Waals surface area (Å²) in [6, 6.07) is 8.39. The van der Waals surface area contributed by atoms with E-state index >= 15 is 0 Å². The van der Waals surface area contributed by atoms with Crippen molar-refractivity contribution >= 4 is 43.8 Å². The number of ketones is 1. The Labute approximate surface area is 197 Å². The lowest BCUT2D eigenvalue weighted by atomic mass is 10.1. The minimum absolute atomic E-state index is 0.0361. The van der Waals surface area contributed by atoms with Crippen LogP contribution in [0, 0.1) is 11.6 Å². The van der Waals surface area contributed by atoms with Crippen LogP contribution in [0.4, 0.5) is 25.4 Å². The maximum absolute atomic E-state index is 14.0. The van der Waals surface area contributed by atoms with Gasteiger partial charge in [-0.25, -0.2) is 31.9 Å². The molecule has 34 heavy (non-hydrogen) atoms. The Kier molecular flexibility index (Phi) is 6.41. The quantitative estimate of drug-likeness (QED) is 0.268. The predicted molar refractivity (Wildman–Crippen MR) is 123 cm³/mol. The number of halogens is 2. The lowest BCUT2D eigenvalue weighted by molar-refractivity contribution is 0.103. The topological polar surface area (TPSA) is 143 Å². The summed E-state index contributed by atoms with van der Waals surface area (Å²) >= 11 is 0.821. The van der Waals surface area contributed by atoms with Gasteiger partial charge < -0.3 is 16.0 Å². The van der Waals surface area contributed by atoms with Crippen LogP contribution in [0.2, 0.25) is 0 Å². The van der Waals surface area contributed by atoms with Crippen LogP contribution < -0.4 is 15.8 Å². The molecule has 4 rings (SSSR count). The van der Waals surface area contributed by atoms with Crippen LogP contribution in [0.15, 0.2) is 59.9 Å². The highest BCUT2D eigenvalue weighted by atomic mass is 32.2. The molecule has 0 spiro atoms. The number of anilines is 3. The van der Waals surface area contributed by atoms with Crippen molar-refractivity contribution in [3.8, 4) is 0 Å². The molecule has 2 aromatic heterocycles. The molecule has 9 nitrogen and oxygen atoms in total. The number of H-pyrrole nitrogens is 1. The van der Waals surface area contributed by atoms with Crippen molar-refractivity contribution in [2.75, 3.05) is 11.1 Å². The molecule has 176 valence electrons. The summed E-state index contributed by atoms with van der Waals surface area (Å²) < 4.78 is 55.8. The van der Waals surface area contributed by atoms with Crippen LogP contribution >= 0.6 is 11.3 Å². The zero-order valence-electron chi connectivity index (χ0n) is 17.5. The van der Waals surface area contributed by atoms with Gasteiger partial charge in [-0.1, -0.05) is 17.4 Å². The van der Waals surface area contributed by atoms with Gasteiger partial charge in [0, 0.05) is 11.9 Å². The van der Waals surface area contributed by atoms with Gasteiger partial charge in [-0.3, -0.25) is 4.79 Å². The van der Waals surface area contributed by atoms with Crippen molar-refractivity contribution in [2.24, 2.45) is 0 Å². The van der Waals surface area contributed by atoms with Gasteiger partial charge in [0.15, 0.2) is 5.13 Å². The number of aromatic nitrogens is 3. The largest absolute Gasteiger partial charge is 0.382 e. The van der Waals surface area contributed by atoms with Crippen LogP contribution in [0.3, 0.4) is 0 Å². The fourth-order valence-corrected chi connectivity index (χ4v) is 5.16. The molecule has 2 heterocycles. The molecule has 0 saturated carbocycles. The molecule has 0 bridgehead atoms. The number of carbonyl (C=O) groups excluding carboxylic acids is 1. The fourth-order valence-electron chi connectivity index (χ4n) is 3.08. The summed E-state index contributed by atoms with van der Waals surface area (Å²) in [5.41, 5.74) is 6.17. The maximum atomic E-state index is 14.0. The summed E-state index contributed by atoms with van der Waals surface area (Å²) in [7, 11) is -3.80. The van der Waals surface area contributed by atoms with Gasteiger partial charge in [0.2, 0.25) is 15.8 Å². The fraction of sp³-hybridized carbons (Fsp3) is 0.0952. The molecule has 5 N–H and O–H groups in total. The number of imidazole rings is 1. The Morgan fingerprint density at radius 3 is 2.44 bits per heavy atom. The van der Waals surface area contributed by atoms with E-state index in [0.29, 0.717) is 11.4 Å². The van der Waals surface area contributed by atoms with E-state index in [2.05, 4.69) is 25.0 Å². The van der Waals surface area contributed by atoms with Crippen LogP contribution in [-0.4, -0.2) is 29.2 Å².